The molecule has 0 aliphatic carbocycles. The largest absolute Gasteiger partial charge is 0.444 e. The highest BCUT2D eigenvalue weighted by molar-refractivity contribution is 5.90. The number of carbonyl (C=O) groups excluding carboxylic acids is 3. The summed E-state index contributed by atoms with van der Waals surface area (Å²) in [6.45, 7) is 11.9. The smallest absolute Gasteiger partial charge is 0.408 e. The molecule has 30 heavy (non-hydrogen) atoms. The second-order valence-electron chi connectivity index (χ2n) is 8.59. The lowest BCUT2D eigenvalue weighted by atomic mass is 9.96. The molecule has 0 saturated carbocycles. The van der Waals surface area contributed by atoms with Crippen molar-refractivity contribution in [3.05, 3.63) is 34.9 Å². The predicted molar refractivity (Wildman–Crippen MR) is 115 cm³/mol. The minimum Gasteiger partial charge on any atom is -0.444 e. The first-order valence-corrected chi connectivity index (χ1v) is 10.1. The van der Waals surface area contributed by atoms with Crippen molar-refractivity contribution in [1.29, 1.82) is 0 Å². The fourth-order valence-electron chi connectivity index (χ4n) is 3.02. The Morgan fingerprint density at radius 1 is 1.17 bits per heavy atom. The average Bonchev–Trinajstić information content (AvgIpc) is 2.58. The molecule has 0 radical (unpaired) electrons. The van der Waals surface area contributed by atoms with Crippen LogP contribution in [0.25, 0.3) is 0 Å². The van der Waals surface area contributed by atoms with Gasteiger partial charge in [-0.05, 0) is 59.6 Å². The van der Waals surface area contributed by atoms with Crippen LogP contribution in [-0.4, -0.2) is 59.3 Å². The Bertz CT molecular complexity index is 756. The van der Waals surface area contributed by atoms with E-state index in [-0.39, 0.29) is 31.6 Å². The van der Waals surface area contributed by atoms with Crippen LogP contribution < -0.4 is 10.6 Å². The van der Waals surface area contributed by atoms with Crippen LogP contribution in [-0.2, 0) is 14.3 Å². The van der Waals surface area contributed by atoms with E-state index in [0.29, 0.717) is 5.56 Å². The molecule has 0 bridgehead atoms. The van der Waals surface area contributed by atoms with E-state index >= 15 is 0 Å². The minimum atomic E-state index is -0.937. The molecule has 168 valence electrons. The highest BCUT2D eigenvalue weighted by atomic mass is 16.6. The predicted octanol–water partition coefficient (Wildman–Crippen LogP) is 2.21. The Morgan fingerprint density at radius 3 is 2.30 bits per heavy atom. The van der Waals surface area contributed by atoms with E-state index in [1.165, 1.54) is 4.90 Å². The van der Waals surface area contributed by atoms with Crippen molar-refractivity contribution < 1.29 is 24.2 Å². The van der Waals surface area contributed by atoms with Crippen LogP contribution in [0.5, 0.6) is 0 Å². The number of benzene rings is 1. The van der Waals surface area contributed by atoms with Crippen LogP contribution in [0.2, 0.25) is 0 Å². The van der Waals surface area contributed by atoms with E-state index in [1.54, 1.807) is 20.8 Å². The molecule has 1 aromatic carbocycles. The summed E-state index contributed by atoms with van der Waals surface area (Å²) < 4.78 is 5.16. The molecule has 0 spiro atoms. The second-order valence-corrected chi connectivity index (χ2v) is 8.59. The molecule has 8 heteroatoms. The van der Waals surface area contributed by atoms with E-state index in [1.807, 2.05) is 45.9 Å². The zero-order valence-electron chi connectivity index (χ0n) is 19.0. The Morgan fingerprint density at radius 2 is 1.80 bits per heavy atom. The van der Waals surface area contributed by atoms with Gasteiger partial charge in [0, 0.05) is 12.6 Å². The zero-order chi connectivity index (χ0) is 23.1. The van der Waals surface area contributed by atoms with Crippen LogP contribution in [0, 0.1) is 13.8 Å². The lowest BCUT2D eigenvalue weighted by Gasteiger charge is -2.32. The van der Waals surface area contributed by atoms with Crippen LogP contribution in [0.4, 0.5) is 4.79 Å². The molecule has 1 rings (SSSR count). The number of nitrogens with zero attached hydrogens (tertiary/aromatic N) is 1. The van der Waals surface area contributed by atoms with Gasteiger partial charge in [0.2, 0.25) is 11.8 Å². The Balaban J connectivity index is 3.18. The van der Waals surface area contributed by atoms with Gasteiger partial charge < -0.3 is 25.4 Å². The molecule has 0 aliphatic heterocycles. The van der Waals surface area contributed by atoms with Crippen molar-refractivity contribution in [3.8, 4) is 0 Å². The van der Waals surface area contributed by atoms with Gasteiger partial charge in [-0.2, -0.15) is 0 Å². The zero-order valence-corrected chi connectivity index (χ0v) is 19.0. The topological polar surface area (TPSA) is 108 Å². The number of nitrogens with one attached hydrogen (secondary N) is 2. The summed E-state index contributed by atoms with van der Waals surface area (Å²) in [5.41, 5.74) is 1.86. The van der Waals surface area contributed by atoms with E-state index in [4.69, 9.17) is 4.74 Å². The van der Waals surface area contributed by atoms with Gasteiger partial charge in [-0.1, -0.05) is 23.8 Å². The lowest BCUT2D eigenvalue weighted by Crippen LogP contribution is -2.49. The van der Waals surface area contributed by atoms with Crippen LogP contribution in [0.3, 0.4) is 0 Å². The summed E-state index contributed by atoms with van der Waals surface area (Å²) in [6.07, 6.45) is -0.727. The van der Waals surface area contributed by atoms with Crippen molar-refractivity contribution in [2.75, 3.05) is 19.7 Å². The standard InChI is InChI=1S/C22H35N3O5/c1-14(2)24-20(28)19(17-9-8-15(3)12-16(17)4)25(10-11-26)18(27)13-23-21(29)30-22(5,6)7/h8-9,12,14,19,26H,10-11,13H2,1-7H3,(H,23,29)(H,24,28). The summed E-state index contributed by atoms with van der Waals surface area (Å²) in [6, 6.07) is 4.56. The molecular formula is C22H35N3O5. The van der Waals surface area contributed by atoms with E-state index in [0.717, 1.165) is 11.1 Å². The van der Waals surface area contributed by atoms with Gasteiger partial charge in [0.25, 0.3) is 0 Å². The molecule has 0 aromatic heterocycles. The quantitative estimate of drug-likeness (QED) is 0.596. The van der Waals surface area contributed by atoms with Crippen LogP contribution in [0.15, 0.2) is 18.2 Å². The number of aliphatic hydroxyl groups excluding tert-OH is 1. The maximum absolute atomic E-state index is 13.0. The number of aryl methyl sites for hydroxylation is 2. The first-order valence-electron chi connectivity index (χ1n) is 10.1. The number of alkyl carbamates (subject to hydrolysis) is 1. The summed E-state index contributed by atoms with van der Waals surface area (Å²) in [5.74, 6) is -0.852. The minimum absolute atomic E-state index is 0.0572. The summed E-state index contributed by atoms with van der Waals surface area (Å²) >= 11 is 0. The van der Waals surface area contributed by atoms with Gasteiger partial charge in [-0.3, -0.25) is 9.59 Å². The normalized spacial score (nSPS) is 12.3. The van der Waals surface area contributed by atoms with E-state index in [9.17, 15) is 19.5 Å². The van der Waals surface area contributed by atoms with Gasteiger partial charge in [0.05, 0.1) is 6.61 Å². The highest BCUT2D eigenvalue weighted by Gasteiger charge is 2.32. The van der Waals surface area contributed by atoms with Gasteiger partial charge in [0.15, 0.2) is 0 Å². The van der Waals surface area contributed by atoms with Gasteiger partial charge in [-0.25, -0.2) is 4.79 Å². The molecule has 0 saturated heterocycles. The van der Waals surface area contributed by atoms with Crippen molar-refractivity contribution in [2.45, 2.75) is 66.2 Å². The molecule has 1 atom stereocenters. The maximum Gasteiger partial charge on any atom is 0.408 e. The molecule has 0 fully saturated rings. The molecule has 1 unspecified atom stereocenters. The van der Waals surface area contributed by atoms with Gasteiger partial charge >= 0.3 is 6.09 Å². The Labute approximate surface area is 179 Å². The fourth-order valence-corrected chi connectivity index (χ4v) is 3.02. The van der Waals surface area contributed by atoms with Gasteiger partial charge in [0.1, 0.15) is 18.2 Å². The van der Waals surface area contributed by atoms with Crippen molar-refractivity contribution in [2.24, 2.45) is 0 Å². The Kier molecular flexibility index (Phi) is 9.29. The fraction of sp³-hybridized carbons (Fsp3) is 0.591. The third-order valence-electron chi connectivity index (χ3n) is 4.15. The van der Waals surface area contributed by atoms with Crippen molar-refractivity contribution >= 4 is 17.9 Å². The lowest BCUT2D eigenvalue weighted by molar-refractivity contribution is -0.141. The summed E-state index contributed by atoms with van der Waals surface area (Å²) in [4.78, 5) is 39.2. The van der Waals surface area contributed by atoms with Crippen LogP contribution >= 0.6 is 0 Å². The molecule has 1 aromatic rings. The average molecular weight is 422 g/mol. The monoisotopic (exact) mass is 421 g/mol. The number of hydrogen-bond donors (Lipinski definition) is 3. The third-order valence-corrected chi connectivity index (χ3v) is 4.15. The molecular weight excluding hydrogens is 386 g/mol. The highest BCUT2D eigenvalue weighted by Crippen LogP contribution is 2.25. The van der Waals surface area contributed by atoms with Gasteiger partial charge in [-0.15, -0.1) is 0 Å². The summed E-state index contributed by atoms with van der Waals surface area (Å²) in [7, 11) is 0. The maximum atomic E-state index is 13.0. The molecule has 3 amide bonds. The Hall–Kier alpha value is -2.61. The van der Waals surface area contributed by atoms with E-state index < -0.39 is 23.6 Å². The first kappa shape index (κ1) is 25.4. The molecule has 8 nitrogen and oxygen atoms in total. The number of aliphatic hydroxyl groups is 1. The third kappa shape index (κ3) is 8.02. The number of rotatable bonds is 8. The molecule has 0 aliphatic rings. The number of hydrogen-bond acceptors (Lipinski definition) is 5. The molecule has 3 N–H and O–H groups in total. The van der Waals surface area contributed by atoms with Crippen molar-refractivity contribution in [3.63, 3.8) is 0 Å². The van der Waals surface area contributed by atoms with Crippen molar-refractivity contribution in [1.82, 2.24) is 15.5 Å². The SMILES string of the molecule is Cc1ccc(C(C(=O)NC(C)C)N(CCO)C(=O)CNC(=O)OC(C)(C)C)c(C)c1. The van der Waals surface area contributed by atoms with Crippen LogP contribution in [0.1, 0.15) is 57.4 Å². The molecule has 0 heterocycles. The summed E-state index contributed by atoms with van der Waals surface area (Å²) in [5, 5.41) is 14.8. The second kappa shape index (κ2) is 11.0. The van der Waals surface area contributed by atoms with E-state index in [2.05, 4.69) is 10.6 Å². The number of amides is 3. The number of carbonyl (C=O) groups is 3. The number of ether oxygens (including phenoxy) is 1. The first-order chi connectivity index (χ1) is 13.9.